The third-order valence-corrected chi connectivity index (χ3v) is 5.22. The molecule has 23 heavy (non-hydrogen) atoms. The number of carbonyl (C=O) groups is 1. The van der Waals surface area contributed by atoms with Crippen LogP contribution in [0.5, 0.6) is 0 Å². The summed E-state index contributed by atoms with van der Waals surface area (Å²) in [6.07, 6.45) is 3.49. The number of rotatable bonds is 2. The van der Waals surface area contributed by atoms with Gasteiger partial charge in [-0.2, -0.15) is 0 Å². The molecule has 0 N–H and O–H groups in total. The van der Waals surface area contributed by atoms with Crippen LogP contribution in [-0.4, -0.2) is 66.5 Å². The average molecular weight is 337 g/mol. The SMILES string of the molecule is C[C@H]1CN(C)CCN1C(=O)C1CCN(c2ccc(Cl)cn2)CC1. The first-order valence-corrected chi connectivity index (χ1v) is 8.78. The maximum Gasteiger partial charge on any atom is 0.226 e. The standard InChI is InChI=1S/C17H25ClN4O/c1-13-12-20(2)9-10-22(13)17(23)14-5-7-21(8-6-14)16-4-3-15(18)11-19-16/h3-4,11,13-14H,5-10,12H2,1-2H3/t13-/m0/s1. The number of piperidine rings is 1. The Kier molecular flexibility index (Phi) is 5.07. The zero-order valence-electron chi connectivity index (χ0n) is 13.9. The topological polar surface area (TPSA) is 39.7 Å². The van der Waals surface area contributed by atoms with E-state index in [1.807, 2.05) is 12.1 Å². The molecule has 0 unspecified atom stereocenters. The van der Waals surface area contributed by atoms with Gasteiger partial charge < -0.3 is 14.7 Å². The monoisotopic (exact) mass is 336 g/mol. The fraction of sp³-hybridized carbons (Fsp3) is 0.647. The number of hydrogen-bond donors (Lipinski definition) is 0. The molecule has 2 aliphatic rings. The fourth-order valence-corrected chi connectivity index (χ4v) is 3.72. The molecule has 2 saturated heterocycles. The van der Waals surface area contributed by atoms with E-state index in [1.54, 1.807) is 6.20 Å². The first-order valence-electron chi connectivity index (χ1n) is 8.40. The molecule has 1 atom stereocenters. The second-order valence-electron chi connectivity index (χ2n) is 6.74. The molecule has 0 aromatic carbocycles. The number of hydrogen-bond acceptors (Lipinski definition) is 4. The fourth-order valence-electron chi connectivity index (χ4n) is 3.61. The van der Waals surface area contributed by atoms with Gasteiger partial charge in [-0.25, -0.2) is 4.98 Å². The molecule has 126 valence electrons. The van der Waals surface area contributed by atoms with Crippen LogP contribution in [0.25, 0.3) is 0 Å². The van der Waals surface area contributed by atoms with Gasteiger partial charge in [0.15, 0.2) is 0 Å². The smallest absolute Gasteiger partial charge is 0.226 e. The molecule has 2 fully saturated rings. The predicted molar refractivity (Wildman–Crippen MR) is 92.9 cm³/mol. The van der Waals surface area contributed by atoms with Crippen LogP contribution in [0.4, 0.5) is 5.82 Å². The van der Waals surface area contributed by atoms with Crippen molar-refractivity contribution < 1.29 is 4.79 Å². The quantitative estimate of drug-likeness (QED) is 0.829. The second-order valence-corrected chi connectivity index (χ2v) is 7.18. The van der Waals surface area contributed by atoms with E-state index in [4.69, 9.17) is 11.6 Å². The van der Waals surface area contributed by atoms with E-state index in [-0.39, 0.29) is 5.92 Å². The van der Waals surface area contributed by atoms with Gasteiger partial charge in [-0.15, -0.1) is 0 Å². The molecule has 1 amide bonds. The Morgan fingerprint density at radius 3 is 2.57 bits per heavy atom. The van der Waals surface area contributed by atoms with E-state index in [9.17, 15) is 4.79 Å². The lowest BCUT2D eigenvalue weighted by Gasteiger charge is -2.41. The Balaban J connectivity index is 1.56. The van der Waals surface area contributed by atoms with Gasteiger partial charge in [-0.05, 0) is 38.9 Å². The van der Waals surface area contributed by atoms with Gasteiger partial charge in [0.05, 0.1) is 5.02 Å². The second kappa shape index (κ2) is 7.05. The highest BCUT2D eigenvalue weighted by atomic mass is 35.5. The minimum absolute atomic E-state index is 0.157. The lowest BCUT2D eigenvalue weighted by molar-refractivity contribution is -0.140. The minimum Gasteiger partial charge on any atom is -0.357 e. The highest BCUT2D eigenvalue weighted by Crippen LogP contribution is 2.25. The molecule has 5 nitrogen and oxygen atoms in total. The largest absolute Gasteiger partial charge is 0.357 e. The van der Waals surface area contributed by atoms with Crippen LogP contribution >= 0.6 is 11.6 Å². The summed E-state index contributed by atoms with van der Waals surface area (Å²) in [6.45, 7) is 6.72. The molecular weight excluding hydrogens is 312 g/mol. The number of nitrogens with zero attached hydrogens (tertiary/aromatic N) is 4. The summed E-state index contributed by atoms with van der Waals surface area (Å²) < 4.78 is 0. The van der Waals surface area contributed by atoms with Gasteiger partial charge >= 0.3 is 0 Å². The van der Waals surface area contributed by atoms with Gasteiger partial charge in [0.1, 0.15) is 5.82 Å². The Bertz CT molecular complexity index is 542. The maximum atomic E-state index is 12.8. The van der Waals surface area contributed by atoms with Crippen LogP contribution in [-0.2, 0) is 4.79 Å². The normalized spacial score (nSPS) is 24.0. The number of amides is 1. The van der Waals surface area contributed by atoms with Crippen LogP contribution in [0.2, 0.25) is 5.02 Å². The summed E-state index contributed by atoms with van der Waals surface area (Å²) in [5, 5.41) is 0.655. The van der Waals surface area contributed by atoms with Crippen molar-refractivity contribution in [1.29, 1.82) is 0 Å². The summed E-state index contributed by atoms with van der Waals surface area (Å²) in [5.74, 6) is 1.45. The van der Waals surface area contributed by atoms with Crippen molar-refractivity contribution >= 4 is 23.3 Å². The zero-order chi connectivity index (χ0) is 16.4. The van der Waals surface area contributed by atoms with E-state index >= 15 is 0 Å². The molecule has 1 aromatic rings. The Morgan fingerprint density at radius 1 is 1.22 bits per heavy atom. The van der Waals surface area contributed by atoms with Gasteiger partial charge in [0, 0.05) is 50.9 Å². The van der Waals surface area contributed by atoms with Crippen molar-refractivity contribution in [3.63, 3.8) is 0 Å². The van der Waals surface area contributed by atoms with Crippen LogP contribution in [0.3, 0.4) is 0 Å². The van der Waals surface area contributed by atoms with Crippen molar-refractivity contribution in [2.24, 2.45) is 5.92 Å². The lowest BCUT2D eigenvalue weighted by atomic mass is 9.94. The third kappa shape index (κ3) is 3.78. The third-order valence-electron chi connectivity index (χ3n) is 4.99. The number of halogens is 1. The van der Waals surface area contributed by atoms with Crippen LogP contribution in [0.15, 0.2) is 18.3 Å². The molecular formula is C17H25ClN4O. The molecule has 2 aliphatic heterocycles. The average Bonchev–Trinajstić information content (AvgIpc) is 2.55. The van der Waals surface area contributed by atoms with Gasteiger partial charge in [-0.3, -0.25) is 4.79 Å². The molecule has 6 heteroatoms. The molecule has 3 rings (SSSR count). The van der Waals surface area contributed by atoms with Gasteiger partial charge in [0.25, 0.3) is 0 Å². The first kappa shape index (κ1) is 16.5. The van der Waals surface area contributed by atoms with Crippen LogP contribution < -0.4 is 4.90 Å². The summed E-state index contributed by atoms with van der Waals surface area (Å²) in [7, 11) is 2.12. The molecule has 0 bridgehead atoms. The van der Waals surface area contributed by atoms with E-state index in [2.05, 4.69) is 33.7 Å². The number of piperazine rings is 1. The van der Waals surface area contributed by atoms with Crippen LogP contribution in [0, 0.1) is 5.92 Å². The number of carbonyl (C=O) groups excluding carboxylic acids is 1. The van der Waals surface area contributed by atoms with Gasteiger partial charge in [0.2, 0.25) is 5.91 Å². The zero-order valence-corrected chi connectivity index (χ0v) is 14.7. The van der Waals surface area contributed by atoms with E-state index in [0.717, 1.165) is 51.4 Å². The molecule has 0 radical (unpaired) electrons. The summed E-state index contributed by atoms with van der Waals surface area (Å²) in [6, 6.07) is 4.14. The predicted octanol–water partition coefficient (Wildman–Crippen LogP) is 2.11. The summed E-state index contributed by atoms with van der Waals surface area (Å²) in [5.41, 5.74) is 0. The number of anilines is 1. The van der Waals surface area contributed by atoms with E-state index < -0.39 is 0 Å². The number of likely N-dealkylation sites (N-methyl/N-ethyl adjacent to an activating group) is 1. The van der Waals surface area contributed by atoms with Crippen molar-refractivity contribution in [3.05, 3.63) is 23.4 Å². The molecule has 0 saturated carbocycles. The molecule has 0 aliphatic carbocycles. The van der Waals surface area contributed by atoms with Crippen molar-refractivity contribution in [1.82, 2.24) is 14.8 Å². The summed E-state index contributed by atoms with van der Waals surface area (Å²) in [4.78, 5) is 23.8. The van der Waals surface area contributed by atoms with E-state index in [0.29, 0.717) is 17.0 Å². The van der Waals surface area contributed by atoms with Crippen molar-refractivity contribution in [2.75, 3.05) is 44.7 Å². The highest BCUT2D eigenvalue weighted by molar-refractivity contribution is 6.30. The maximum absolute atomic E-state index is 12.8. The first-order chi connectivity index (χ1) is 11.0. The Labute approximate surface area is 143 Å². The number of aromatic nitrogens is 1. The highest BCUT2D eigenvalue weighted by Gasteiger charge is 2.33. The minimum atomic E-state index is 0.157. The van der Waals surface area contributed by atoms with Crippen LogP contribution in [0.1, 0.15) is 19.8 Å². The molecule has 0 spiro atoms. The Hall–Kier alpha value is -1.33. The molecule has 1 aromatic heterocycles. The van der Waals surface area contributed by atoms with Gasteiger partial charge in [-0.1, -0.05) is 11.6 Å². The Morgan fingerprint density at radius 2 is 1.96 bits per heavy atom. The van der Waals surface area contributed by atoms with Crippen molar-refractivity contribution in [3.8, 4) is 0 Å². The summed E-state index contributed by atoms with van der Waals surface area (Å²) >= 11 is 5.89. The lowest BCUT2D eigenvalue weighted by Crippen LogP contribution is -2.55. The molecule has 3 heterocycles. The van der Waals surface area contributed by atoms with E-state index in [1.165, 1.54) is 0 Å². The van der Waals surface area contributed by atoms with Crippen molar-refractivity contribution in [2.45, 2.75) is 25.8 Å². The number of pyridine rings is 1.